The van der Waals surface area contributed by atoms with Crippen LogP contribution in [-0.4, -0.2) is 45.8 Å². The molecule has 2 rings (SSSR count). The molecule has 6 nitrogen and oxygen atoms in total. The molecule has 1 amide bonds. The topological polar surface area (TPSA) is 71.6 Å². The van der Waals surface area contributed by atoms with Crippen LogP contribution in [0.5, 0.6) is 11.5 Å². The highest BCUT2D eigenvalue weighted by molar-refractivity contribution is 5.76. The molecule has 1 aromatic rings. The summed E-state index contributed by atoms with van der Waals surface area (Å²) in [6, 6.07) is 5.85. The minimum absolute atomic E-state index is 0.0472. The third kappa shape index (κ3) is 4.61. The summed E-state index contributed by atoms with van der Waals surface area (Å²) >= 11 is 0. The summed E-state index contributed by atoms with van der Waals surface area (Å²) in [7, 11) is 3.20. The summed E-state index contributed by atoms with van der Waals surface area (Å²) in [6.45, 7) is 3.19. The van der Waals surface area contributed by atoms with E-state index in [1.807, 2.05) is 18.2 Å². The smallest absolute Gasteiger partial charge is 0.221 e. The Morgan fingerprint density at radius 3 is 2.76 bits per heavy atom. The van der Waals surface area contributed by atoms with E-state index in [1.54, 1.807) is 14.2 Å². The summed E-state index contributed by atoms with van der Waals surface area (Å²) in [4.78, 5) is 11.9. The molecule has 116 valence electrons. The molecule has 1 heterocycles. The predicted octanol–water partition coefficient (Wildman–Crippen LogP) is 0.272. The highest BCUT2D eigenvalue weighted by Gasteiger charge is 2.15. The Hall–Kier alpha value is -1.79. The molecule has 1 fully saturated rings. The van der Waals surface area contributed by atoms with Gasteiger partial charge in [0.15, 0.2) is 11.5 Å². The number of nitrogens with one attached hydrogen (secondary N) is 3. The molecule has 0 bridgehead atoms. The van der Waals surface area contributed by atoms with Gasteiger partial charge in [-0.2, -0.15) is 0 Å². The number of carbonyl (C=O) groups excluding carboxylic acids is 1. The number of ether oxygens (including phenoxy) is 2. The first kappa shape index (κ1) is 15.6. The van der Waals surface area contributed by atoms with E-state index in [0.717, 1.165) is 25.2 Å². The van der Waals surface area contributed by atoms with Gasteiger partial charge >= 0.3 is 0 Å². The molecule has 0 saturated carbocycles. The van der Waals surface area contributed by atoms with E-state index in [-0.39, 0.29) is 11.9 Å². The van der Waals surface area contributed by atoms with Gasteiger partial charge in [-0.05, 0) is 17.7 Å². The Kier molecular flexibility index (Phi) is 5.83. The number of rotatable bonds is 6. The molecule has 1 unspecified atom stereocenters. The summed E-state index contributed by atoms with van der Waals surface area (Å²) in [5.74, 6) is 1.40. The van der Waals surface area contributed by atoms with E-state index in [9.17, 15) is 4.79 Å². The molecule has 21 heavy (non-hydrogen) atoms. The van der Waals surface area contributed by atoms with Crippen LogP contribution in [-0.2, 0) is 11.3 Å². The van der Waals surface area contributed by atoms with Gasteiger partial charge < -0.3 is 25.4 Å². The highest BCUT2D eigenvalue weighted by Crippen LogP contribution is 2.27. The first-order chi connectivity index (χ1) is 10.2. The summed E-state index contributed by atoms with van der Waals surface area (Å²) in [6.07, 6.45) is 0.486. The van der Waals surface area contributed by atoms with Crippen LogP contribution in [0.4, 0.5) is 0 Å². The van der Waals surface area contributed by atoms with Crippen molar-refractivity contribution in [2.24, 2.45) is 0 Å². The minimum Gasteiger partial charge on any atom is -0.493 e. The largest absolute Gasteiger partial charge is 0.493 e. The van der Waals surface area contributed by atoms with Gasteiger partial charge in [-0.15, -0.1) is 0 Å². The summed E-state index contributed by atoms with van der Waals surface area (Å²) in [5, 5.41) is 9.52. The maximum Gasteiger partial charge on any atom is 0.221 e. The van der Waals surface area contributed by atoms with E-state index in [4.69, 9.17) is 9.47 Å². The van der Waals surface area contributed by atoms with Gasteiger partial charge in [0, 0.05) is 38.6 Å². The standard InChI is InChI=1S/C15H23N3O3/c1-20-13-4-3-11(7-14(13)21-2)9-18-15(19)8-12-10-16-5-6-17-12/h3-4,7,12,16-17H,5-6,8-10H2,1-2H3,(H,18,19). The molecule has 6 heteroatoms. The molecule has 3 N–H and O–H groups in total. The second kappa shape index (κ2) is 7.85. The first-order valence-corrected chi connectivity index (χ1v) is 7.14. The lowest BCUT2D eigenvalue weighted by atomic mass is 10.1. The van der Waals surface area contributed by atoms with Gasteiger partial charge in [0.2, 0.25) is 5.91 Å². The number of benzene rings is 1. The van der Waals surface area contributed by atoms with Crippen molar-refractivity contribution in [3.05, 3.63) is 23.8 Å². The Labute approximate surface area is 125 Å². The van der Waals surface area contributed by atoms with Crippen molar-refractivity contribution in [3.63, 3.8) is 0 Å². The molecule has 1 aromatic carbocycles. The van der Waals surface area contributed by atoms with Gasteiger partial charge in [-0.3, -0.25) is 4.79 Å². The highest BCUT2D eigenvalue weighted by atomic mass is 16.5. The van der Waals surface area contributed by atoms with Crippen molar-refractivity contribution >= 4 is 5.91 Å². The van der Waals surface area contributed by atoms with E-state index >= 15 is 0 Å². The predicted molar refractivity (Wildman–Crippen MR) is 80.7 cm³/mol. The van der Waals surface area contributed by atoms with Crippen LogP contribution in [0.25, 0.3) is 0 Å². The maximum absolute atomic E-state index is 11.9. The fraction of sp³-hybridized carbons (Fsp3) is 0.533. The van der Waals surface area contributed by atoms with E-state index in [1.165, 1.54) is 0 Å². The fourth-order valence-electron chi connectivity index (χ4n) is 2.34. The third-order valence-electron chi connectivity index (χ3n) is 3.49. The Balaban J connectivity index is 1.83. The Bertz CT molecular complexity index is 473. The SMILES string of the molecule is COc1ccc(CNC(=O)CC2CNCCN2)cc1OC. The van der Waals surface area contributed by atoms with Crippen molar-refractivity contribution in [2.75, 3.05) is 33.9 Å². The molecular weight excluding hydrogens is 270 g/mol. The van der Waals surface area contributed by atoms with Crippen LogP contribution in [0, 0.1) is 0 Å². The monoisotopic (exact) mass is 293 g/mol. The van der Waals surface area contributed by atoms with Gasteiger partial charge in [0.25, 0.3) is 0 Å². The average molecular weight is 293 g/mol. The van der Waals surface area contributed by atoms with E-state index < -0.39 is 0 Å². The van der Waals surface area contributed by atoms with Crippen molar-refractivity contribution in [1.29, 1.82) is 0 Å². The number of amides is 1. The zero-order chi connectivity index (χ0) is 15.1. The molecular formula is C15H23N3O3. The lowest BCUT2D eigenvalue weighted by molar-refractivity contribution is -0.121. The van der Waals surface area contributed by atoms with Crippen molar-refractivity contribution in [2.45, 2.75) is 19.0 Å². The lowest BCUT2D eigenvalue weighted by Gasteiger charge is -2.23. The minimum atomic E-state index is 0.0472. The first-order valence-electron chi connectivity index (χ1n) is 7.14. The molecule has 0 aromatic heterocycles. The quantitative estimate of drug-likeness (QED) is 0.702. The Morgan fingerprint density at radius 1 is 1.29 bits per heavy atom. The molecule has 1 aliphatic rings. The average Bonchev–Trinajstić information content (AvgIpc) is 2.53. The van der Waals surface area contributed by atoms with Gasteiger partial charge in [0.1, 0.15) is 0 Å². The molecule has 0 aliphatic carbocycles. The molecule has 0 spiro atoms. The van der Waals surface area contributed by atoms with Gasteiger partial charge in [-0.1, -0.05) is 6.07 Å². The number of carbonyl (C=O) groups is 1. The zero-order valence-electron chi connectivity index (χ0n) is 12.6. The second-order valence-electron chi connectivity index (χ2n) is 5.03. The van der Waals surface area contributed by atoms with Crippen LogP contribution in [0.15, 0.2) is 18.2 Å². The molecule has 1 aliphatic heterocycles. The molecule has 0 radical (unpaired) electrons. The number of methoxy groups -OCH3 is 2. The van der Waals surface area contributed by atoms with Gasteiger partial charge in [-0.25, -0.2) is 0 Å². The molecule has 1 saturated heterocycles. The summed E-state index contributed by atoms with van der Waals surface area (Å²) < 4.78 is 10.4. The third-order valence-corrected chi connectivity index (χ3v) is 3.49. The van der Waals surface area contributed by atoms with Crippen LogP contribution in [0.2, 0.25) is 0 Å². The maximum atomic E-state index is 11.9. The van der Waals surface area contributed by atoms with Crippen LogP contribution >= 0.6 is 0 Å². The number of piperazine rings is 1. The normalized spacial score (nSPS) is 18.1. The lowest BCUT2D eigenvalue weighted by Crippen LogP contribution is -2.50. The van der Waals surface area contributed by atoms with Crippen molar-refractivity contribution < 1.29 is 14.3 Å². The van der Waals surface area contributed by atoms with Crippen LogP contribution in [0.1, 0.15) is 12.0 Å². The van der Waals surface area contributed by atoms with Crippen molar-refractivity contribution in [1.82, 2.24) is 16.0 Å². The van der Waals surface area contributed by atoms with Crippen LogP contribution in [0.3, 0.4) is 0 Å². The Morgan fingerprint density at radius 2 is 2.10 bits per heavy atom. The van der Waals surface area contributed by atoms with E-state index in [2.05, 4.69) is 16.0 Å². The summed E-state index contributed by atoms with van der Waals surface area (Å²) in [5.41, 5.74) is 0.982. The zero-order valence-corrected chi connectivity index (χ0v) is 12.6. The van der Waals surface area contributed by atoms with Gasteiger partial charge in [0.05, 0.1) is 14.2 Å². The van der Waals surface area contributed by atoms with E-state index in [0.29, 0.717) is 24.5 Å². The number of hydrogen-bond acceptors (Lipinski definition) is 5. The second-order valence-corrected chi connectivity index (χ2v) is 5.03. The van der Waals surface area contributed by atoms with Crippen LogP contribution < -0.4 is 25.4 Å². The molecule has 1 atom stereocenters. The number of hydrogen-bond donors (Lipinski definition) is 3. The fourth-order valence-corrected chi connectivity index (χ4v) is 2.34. The van der Waals surface area contributed by atoms with Crippen molar-refractivity contribution in [3.8, 4) is 11.5 Å².